The monoisotopic (exact) mass is 506 g/mol. The van der Waals surface area contributed by atoms with Crippen molar-refractivity contribution in [3.63, 3.8) is 0 Å². The molecule has 1 aromatic heterocycles. The number of oxime groups is 1. The van der Waals surface area contributed by atoms with Crippen LogP contribution in [0.15, 0.2) is 34.2 Å². The molecule has 2 aliphatic heterocycles. The third-order valence-corrected chi connectivity index (χ3v) is 9.40. The number of para-hydroxylation sites is 2. The molecule has 1 aromatic carbocycles. The van der Waals surface area contributed by atoms with Crippen LogP contribution in [0.25, 0.3) is 11.0 Å². The Balaban J connectivity index is 1.37. The minimum atomic E-state index is -1.31. The summed E-state index contributed by atoms with van der Waals surface area (Å²) in [5.41, 5.74) is 0.407. The molecule has 0 amide bonds. The maximum atomic E-state index is 13.9. The maximum absolute atomic E-state index is 13.9. The lowest BCUT2D eigenvalue weighted by Crippen LogP contribution is -2.58. The van der Waals surface area contributed by atoms with E-state index in [4.69, 9.17) is 4.84 Å². The average molecular weight is 507 g/mol. The van der Waals surface area contributed by atoms with Crippen LogP contribution in [0.4, 0.5) is 0 Å². The summed E-state index contributed by atoms with van der Waals surface area (Å²) in [7, 11) is 0. The van der Waals surface area contributed by atoms with Gasteiger partial charge in [0.2, 0.25) is 5.71 Å². The predicted molar refractivity (Wildman–Crippen MR) is 142 cm³/mol. The number of carboxylic acid groups (broad SMARTS) is 1. The van der Waals surface area contributed by atoms with E-state index >= 15 is 0 Å². The normalized spacial score (nSPS) is 32.3. The van der Waals surface area contributed by atoms with Gasteiger partial charge in [-0.05, 0) is 75.8 Å². The van der Waals surface area contributed by atoms with E-state index in [-0.39, 0.29) is 23.9 Å². The van der Waals surface area contributed by atoms with Gasteiger partial charge in [-0.25, -0.2) is 9.78 Å². The number of hydrogen-bond acceptors (Lipinski definition) is 6. The van der Waals surface area contributed by atoms with Crippen molar-refractivity contribution in [3.8, 4) is 0 Å². The van der Waals surface area contributed by atoms with Crippen LogP contribution in [0.5, 0.6) is 0 Å². The molecule has 8 nitrogen and oxygen atoms in total. The Morgan fingerprint density at radius 3 is 2.32 bits per heavy atom. The van der Waals surface area contributed by atoms with Crippen molar-refractivity contribution in [1.82, 2.24) is 14.5 Å². The zero-order chi connectivity index (χ0) is 25.5. The molecule has 4 bridgehead atoms. The van der Waals surface area contributed by atoms with Crippen LogP contribution < -0.4 is 5.56 Å². The molecule has 198 valence electrons. The van der Waals surface area contributed by atoms with Gasteiger partial charge in [-0.2, -0.15) is 0 Å². The predicted octanol–water partition coefficient (Wildman–Crippen LogP) is 4.75. The van der Waals surface area contributed by atoms with Gasteiger partial charge in [-0.3, -0.25) is 9.69 Å². The molecule has 4 aliphatic rings. The summed E-state index contributed by atoms with van der Waals surface area (Å²) in [5, 5.41) is 13.6. The smallest absolute Gasteiger partial charge is 0.360 e. The Labute approximate surface area is 217 Å². The van der Waals surface area contributed by atoms with Gasteiger partial charge in [0.15, 0.2) is 5.69 Å². The summed E-state index contributed by atoms with van der Waals surface area (Å²) in [6, 6.07) is 9.19. The van der Waals surface area contributed by atoms with Crippen LogP contribution in [0.3, 0.4) is 0 Å². The fourth-order valence-corrected chi connectivity index (χ4v) is 8.12. The first-order valence-electron chi connectivity index (χ1n) is 14.3. The van der Waals surface area contributed by atoms with Gasteiger partial charge in [0.1, 0.15) is 6.61 Å². The van der Waals surface area contributed by atoms with Crippen molar-refractivity contribution >= 4 is 22.7 Å². The van der Waals surface area contributed by atoms with E-state index in [1.165, 1.54) is 57.8 Å². The Morgan fingerprint density at radius 1 is 0.973 bits per heavy atom. The molecule has 6 rings (SSSR count). The zero-order valence-electron chi connectivity index (χ0n) is 21.7. The zero-order valence-corrected chi connectivity index (χ0v) is 21.7. The molecule has 2 saturated heterocycles. The first kappa shape index (κ1) is 24.6. The van der Waals surface area contributed by atoms with Gasteiger partial charge in [-0.15, -0.1) is 0 Å². The Bertz CT molecular complexity index is 1230. The number of aromatic nitrogens is 2. The molecule has 2 aliphatic carbocycles. The van der Waals surface area contributed by atoms with E-state index in [0.717, 1.165) is 30.2 Å². The van der Waals surface area contributed by atoms with Crippen molar-refractivity contribution in [3.05, 3.63) is 40.3 Å². The lowest BCUT2D eigenvalue weighted by atomic mass is 9.68. The molecule has 37 heavy (non-hydrogen) atoms. The number of nitrogens with zero attached hydrogens (tertiary/aromatic N) is 4. The number of hydrogen-bond donors (Lipinski definition) is 1. The molecule has 6 atom stereocenters. The molecular weight excluding hydrogens is 468 g/mol. The van der Waals surface area contributed by atoms with Crippen LogP contribution in [0, 0.1) is 11.8 Å². The van der Waals surface area contributed by atoms with E-state index in [1.807, 2.05) is 28.8 Å². The minimum absolute atomic E-state index is 0.0101. The van der Waals surface area contributed by atoms with Gasteiger partial charge in [-0.1, -0.05) is 43.0 Å². The van der Waals surface area contributed by atoms with Crippen LogP contribution >= 0.6 is 0 Å². The molecule has 1 N–H and O–H groups in total. The first-order chi connectivity index (χ1) is 18.0. The van der Waals surface area contributed by atoms with E-state index in [2.05, 4.69) is 15.0 Å². The van der Waals surface area contributed by atoms with Gasteiger partial charge >= 0.3 is 5.97 Å². The lowest BCUT2D eigenvalue weighted by Gasteiger charge is -2.55. The number of carboxylic acids is 1. The van der Waals surface area contributed by atoms with Crippen molar-refractivity contribution in [2.45, 2.75) is 102 Å². The van der Waals surface area contributed by atoms with Crippen LogP contribution in [0.2, 0.25) is 0 Å². The van der Waals surface area contributed by atoms with Crippen molar-refractivity contribution in [1.29, 1.82) is 0 Å². The van der Waals surface area contributed by atoms with Crippen LogP contribution in [0.1, 0.15) is 89.3 Å². The third kappa shape index (κ3) is 4.58. The van der Waals surface area contributed by atoms with Gasteiger partial charge < -0.3 is 14.5 Å². The van der Waals surface area contributed by atoms with Crippen molar-refractivity contribution in [2.75, 3.05) is 6.61 Å². The van der Waals surface area contributed by atoms with Crippen LogP contribution in [-0.2, 0) is 9.63 Å². The molecule has 0 radical (unpaired) electrons. The van der Waals surface area contributed by atoms with Gasteiger partial charge in [0, 0.05) is 24.2 Å². The third-order valence-electron chi connectivity index (χ3n) is 9.40. The topological polar surface area (TPSA) is 97.0 Å². The first-order valence-corrected chi connectivity index (χ1v) is 14.3. The summed E-state index contributed by atoms with van der Waals surface area (Å²) >= 11 is 0. The highest BCUT2D eigenvalue weighted by Crippen LogP contribution is 2.47. The van der Waals surface area contributed by atoms with E-state index in [1.54, 1.807) is 6.92 Å². The molecular formula is C29H38N4O4. The summed E-state index contributed by atoms with van der Waals surface area (Å²) in [6.45, 7) is 1.93. The highest BCUT2D eigenvalue weighted by atomic mass is 16.6. The largest absolute Gasteiger partial charge is 0.476 e. The highest BCUT2D eigenvalue weighted by Gasteiger charge is 2.45. The second-order valence-corrected chi connectivity index (χ2v) is 11.6. The standard InChI is InChI=1S/C29H38N4O4/c1-2-37-31-27(29(35)36)26-28(34)33(25-12-4-3-11-24(25)30-26)23-16-20-9-6-10-21(17-23)32(20)22-14-18-7-5-8-19(13-18)15-22/h3-4,11-12,18-23H,2,5-10,13-17H2,1H3,(H,35,36)/b31-27-/t18-,19+,20-,21+,22?,23+. The molecule has 3 heterocycles. The second-order valence-electron chi connectivity index (χ2n) is 11.6. The number of rotatable bonds is 6. The van der Waals surface area contributed by atoms with E-state index in [9.17, 15) is 14.7 Å². The minimum Gasteiger partial charge on any atom is -0.476 e. The number of fused-ring (bicyclic) bond motifs is 5. The molecule has 8 heteroatoms. The Hall–Kier alpha value is -2.74. The summed E-state index contributed by atoms with van der Waals surface area (Å²) in [5.74, 6) is 0.475. The maximum Gasteiger partial charge on any atom is 0.360 e. The number of benzene rings is 1. The Kier molecular flexibility index (Phi) is 6.78. The number of piperidine rings is 2. The molecule has 2 saturated carbocycles. The molecule has 2 aromatic rings. The Morgan fingerprint density at radius 2 is 1.65 bits per heavy atom. The second kappa shape index (κ2) is 10.2. The summed E-state index contributed by atoms with van der Waals surface area (Å²) < 4.78 is 1.83. The SMILES string of the molecule is CCO/N=C(\C(=O)O)c1nc2ccccc2n([C@H]2C[C@H]3CCC[C@@H](C2)N3C2C[C@H]3CCC[C@@H](C2)C3)c1=O. The van der Waals surface area contributed by atoms with Crippen LogP contribution in [-0.4, -0.2) is 56.0 Å². The number of aliphatic carboxylic acids is 1. The summed E-state index contributed by atoms with van der Waals surface area (Å²) in [6.07, 6.45) is 13.7. The van der Waals surface area contributed by atoms with E-state index < -0.39 is 11.7 Å². The highest BCUT2D eigenvalue weighted by molar-refractivity contribution is 6.41. The quantitative estimate of drug-likeness (QED) is 0.449. The number of carbonyl (C=O) groups is 1. The molecule has 4 fully saturated rings. The summed E-state index contributed by atoms with van der Waals surface area (Å²) in [4.78, 5) is 38.3. The van der Waals surface area contributed by atoms with Gasteiger partial charge in [0.05, 0.1) is 11.0 Å². The fourth-order valence-electron chi connectivity index (χ4n) is 8.12. The lowest BCUT2D eigenvalue weighted by molar-refractivity contribution is -0.129. The average Bonchev–Trinajstić information content (AvgIpc) is 2.88. The molecule has 1 unspecified atom stereocenters. The van der Waals surface area contributed by atoms with E-state index in [0.29, 0.717) is 23.6 Å². The van der Waals surface area contributed by atoms with Crippen molar-refractivity contribution in [2.24, 2.45) is 17.0 Å². The fraction of sp³-hybridized carbons (Fsp3) is 0.655. The van der Waals surface area contributed by atoms with Crippen molar-refractivity contribution < 1.29 is 14.7 Å². The van der Waals surface area contributed by atoms with Gasteiger partial charge in [0.25, 0.3) is 5.56 Å². The molecule has 0 spiro atoms.